The predicted molar refractivity (Wildman–Crippen MR) is 76.0 cm³/mol. The van der Waals surface area contributed by atoms with Crippen LogP contribution in [-0.4, -0.2) is 22.5 Å². The number of nitrogens with zero attached hydrogens (tertiary/aromatic N) is 1. The van der Waals surface area contributed by atoms with Crippen molar-refractivity contribution in [1.82, 2.24) is 4.90 Å². The Morgan fingerprint density at radius 3 is 2.50 bits per heavy atom. The van der Waals surface area contributed by atoms with Crippen LogP contribution in [0.3, 0.4) is 0 Å². The first-order valence-electron chi connectivity index (χ1n) is 6.66. The lowest BCUT2D eigenvalue weighted by atomic mass is 9.84. The van der Waals surface area contributed by atoms with Crippen LogP contribution in [0.4, 0.5) is 4.39 Å². The van der Waals surface area contributed by atoms with Crippen LogP contribution in [0, 0.1) is 12.7 Å². The fourth-order valence-electron chi connectivity index (χ4n) is 2.39. The molecule has 0 fully saturated rings. The van der Waals surface area contributed by atoms with Gasteiger partial charge in [0.1, 0.15) is 11.6 Å². The van der Waals surface area contributed by atoms with Crippen LogP contribution in [-0.2, 0) is 16.8 Å². The van der Waals surface area contributed by atoms with Gasteiger partial charge in [-0.3, -0.25) is 4.79 Å². The van der Waals surface area contributed by atoms with E-state index in [9.17, 15) is 14.3 Å². The Morgan fingerprint density at radius 2 is 2.00 bits per heavy atom. The number of aliphatic hydroxyl groups is 1. The van der Waals surface area contributed by atoms with Gasteiger partial charge in [-0.05, 0) is 29.0 Å². The van der Waals surface area contributed by atoms with Gasteiger partial charge >= 0.3 is 0 Å². The van der Waals surface area contributed by atoms with Crippen molar-refractivity contribution in [2.75, 3.05) is 6.54 Å². The van der Waals surface area contributed by atoms with Crippen molar-refractivity contribution >= 4 is 5.91 Å². The molecule has 0 saturated carbocycles. The molecular formula is C16H20FNO2. The number of hydrogen-bond acceptors (Lipinski definition) is 2. The summed E-state index contributed by atoms with van der Waals surface area (Å²) in [6.07, 6.45) is 1.22. The summed E-state index contributed by atoms with van der Waals surface area (Å²) in [4.78, 5) is 13.2. The molecule has 0 bridgehead atoms. The normalized spacial score (nSPS) is 15.8. The molecule has 108 valence electrons. The molecule has 1 aromatic carbocycles. The van der Waals surface area contributed by atoms with Gasteiger partial charge in [-0.1, -0.05) is 32.9 Å². The highest BCUT2D eigenvalue weighted by atomic mass is 19.1. The Bertz CT molecular complexity index is 585. The molecule has 3 nitrogen and oxygen atoms in total. The number of benzene rings is 1. The fourth-order valence-corrected chi connectivity index (χ4v) is 2.39. The quantitative estimate of drug-likeness (QED) is 0.901. The first-order chi connectivity index (χ1) is 9.18. The summed E-state index contributed by atoms with van der Waals surface area (Å²) in [6.45, 7) is 8.22. The van der Waals surface area contributed by atoms with E-state index in [0.717, 1.165) is 5.56 Å². The van der Waals surface area contributed by atoms with Crippen molar-refractivity contribution in [2.24, 2.45) is 0 Å². The Morgan fingerprint density at radius 1 is 1.35 bits per heavy atom. The Balaban J connectivity index is 2.30. The van der Waals surface area contributed by atoms with E-state index in [2.05, 4.69) is 0 Å². The second-order valence-corrected chi connectivity index (χ2v) is 6.35. The molecule has 4 heteroatoms. The number of aliphatic hydroxyl groups excluding tert-OH is 1. The van der Waals surface area contributed by atoms with Crippen molar-refractivity contribution in [3.63, 3.8) is 0 Å². The van der Waals surface area contributed by atoms with Crippen LogP contribution in [0.5, 0.6) is 0 Å². The molecule has 0 saturated heterocycles. The van der Waals surface area contributed by atoms with Crippen molar-refractivity contribution in [3.05, 3.63) is 46.5 Å². The summed E-state index contributed by atoms with van der Waals surface area (Å²) in [5.74, 6) is -0.318. The van der Waals surface area contributed by atoms with E-state index < -0.39 is 0 Å². The predicted octanol–water partition coefficient (Wildman–Crippen LogP) is 3.22. The van der Waals surface area contributed by atoms with E-state index in [4.69, 9.17) is 0 Å². The minimum absolute atomic E-state index is 0.0740. The maximum absolute atomic E-state index is 14.2. The molecule has 1 aromatic rings. The summed E-state index contributed by atoms with van der Waals surface area (Å²) in [5.41, 5.74) is 1.82. The number of amides is 1. The molecule has 1 amide bonds. The molecule has 0 aliphatic carbocycles. The van der Waals surface area contributed by atoms with E-state index in [1.165, 1.54) is 11.0 Å². The standard InChI is InChI=1S/C16H20FNO2/c1-10-5-11(6-13(15(10)17)16(2,3)4)8-18-9-12(19)7-14(18)20/h5-7,19H,8-9H2,1-4H3. The minimum Gasteiger partial charge on any atom is -0.510 e. The van der Waals surface area contributed by atoms with Gasteiger partial charge in [-0.15, -0.1) is 0 Å². The zero-order valence-electron chi connectivity index (χ0n) is 12.3. The smallest absolute Gasteiger partial charge is 0.250 e. The van der Waals surface area contributed by atoms with Gasteiger partial charge in [0.05, 0.1) is 6.54 Å². The molecule has 1 heterocycles. The number of carbonyl (C=O) groups excluding carboxylic acids is 1. The second kappa shape index (κ2) is 4.93. The number of halogens is 1. The Labute approximate surface area is 118 Å². The molecule has 0 radical (unpaired) electrons. The van der Waals surface area contributed by atoms with Crippen LogP contribution >= 0.6 is 0 Å². The van der Waals surface area contributed by atoms with Crippen LogP contribution < -0.4 is 0 Å². The molecule has 0 aromatic heterocycles. The number of rotatable bonds is 2. The van der Waals surface area contributed by atoms with Gasteiger partial charge in [0.15, 0.2) is 0 Å². The largest absolute Gasteiger partial charge is 0.510 e. The van der Waals surface area contributed by atoms with Crippen LogP contribution in [0.25, 0.3) is 0 Å². The lowest BCUT2D eigenvalue weighted by Crippen LogP contribution is -2.26. The van der Waals surface area contributed by atoms with Gasteiger partial charge in [-0.2, -0.15) is 0 Å². The maximum atomic E-state index is 14.2. The zero-order valence-corrected chi connectivity index (χ0v) is 12.3. The monoisotopic (exact) mass is 277 g/mol. The van der Waals surface area contributed by atoms with Gasteiger partial charge in [-0.25, -0.2) is 4.39 Å². The van der Waals surface area contributed by atoms with Crippen LogP contribution in [0.1, 0.15) is 37.5 Å². The lowest BCUT2D eigenvalue weighted by Gasteiger charge is -2.23. The molecular weight excluding hydrogens is 257 g/mol. The average molecular weight is 277 g/mol. The van der Waals surface area contributed by atoms with Crippen molar-refractivity contribution in [1.29, 1.82) is 0 Å². The first-order valence-corrected chi connectivity index (χ1v) is 6.66. The minimum atomic E-state index is -0.291. The van der Waals surface area contributed by atoms with Gasteiger partial charge in [0.2, 0.25) is 0 Å². The highest BCUT2D eigenvalue weighted by molar-refractivity contribution is 5.90. The average Bonchev–Trinajstić information content (AvgIpc) is 2.60. The first kappa shape index (κ1) is 14.6. The van der Waals surface area contributed by atoms with Gasteiger partial charge in [0, 0.05) is 12.6 Å². The third-order valence-corrected chi connectivity index (χ3v) is 3.45. The molecule has 0 spiro atoms. The van der Waals surface area contributed by atoms with Gasteiger partial charge < -0.3 is 10.0 Å². The van der Waals surface area contributed by atoms with Gasteiger partial charge in [0.25, 0.3) is 5.91 Å². The number of carbonyl (C=O) groups is 1. The number of aryl methyl sites for hydroxylation is 1. The zero-order chi connectivity index (χ0) is 15.1. The van der Waals surface area contributed by atoms with Crippen molar-refractivity contribution < 1.29 is 14.3 Å². The molecule has 1 aliphatic rings. The second-order valence-electron chi connectivity index (χ2n) is 6.35. The molecule has 0 unspecified atom stereocenters. The summed E-state index contributed by atoms with van der Waals surface area (Å²) < 4.78 is 14.2. The van der Waals surface area contributed by atoms with Crippen molar-refractivity contribution in [2.45, 2.75) is 39.7 Å². The summed E-state index contributed by atoms with van der Waals surface area (Å²) in [7, 11) is 0. The highest BCUT2D eigenvalue weighted by Crippen LogP contribution is 2.29. The van der Waals surface area contributed by atoms with E-state index in [0.29, 0.717) is 17.7 Å². The van der Waals surface area contributed by atoms with Crippen molar-refractivity contribution in [3.8, 4) is 0 Å². The summed E-state index contributed by atoms with van der Waals surface area (Å²) in [5, 5.41) is 9.37. The number of hydrogen-bond donors (Lipinski definition) is 1. The third-order valence-electron chi connectivity index (χ3n) is 3.45. The van der Waals surface area contributed by atoms with E-state index in [1.807, 2.05) is 26.8 Å². The summed E-state index contributed by atoms with van der Waals surface area (Å²) in [6, 6.07) is 3.57. The van der Waals surface area contributed by atoms with E-state index >= 15 is 0 Å². The fraction of sp³-hybridized carbons (Fsp3) is 0.438. The van der Waals surface area contributed by atoms with E-state index in [-0.39, 0.29) is 29.4 Å². The third kappa shape index (κ3) is 2.84. The molecule has 2 rings (SSSR count). The molecule has 1 aliphatic heterocycles. The lowest BCUT2D eigenvalue weighted by molar-refractivity contribution is -0.125. The highest BCUT2D eigenvalue weighted by Gasteiger charge is 2.24. The van der Waals surface area contributed by atoms with Crippen LogP contribution in [0.15, 0.2) is 24.0 Å². The molecule has 20 heavy (non-hydrogen) atoms. The Hall–Kier alpha value is -1.84. The molecule has 1 N–H and O–H groups in total. The topological polar surface area (TPSA) is 40.5 Å². The molecule has 0 atom stereocenters. The maximum Gasteiger partial charge on any atom is 0.250 e. The van der Waals surface area contributed by atoms with E-state index in [1.54, 1.807) is 13.0 Å². The Kier molecular flexibility index (Phi) is 3.59. The SMILES string of the molecule is Cc1cc(CN2CC(O)=CC2=O)cc(C(C)(C)C)c1F. The van der Waals surface area contributed by atoms with Crippen LogP contribution in [0.2, 0.25) is 0 Å². The summed E-state index contributed by atoms with van der Waals surface area (Å²) >= 11 is 0.